The molecule has 0 aliphatic heterocycles. The maximum Gasteiger partial charge on any atom is 0.194 e. The molecule has 0 saturated heterocycles. The quantitative estimate of drug-likeness (QED) is 0.174. The van der Waals surface area contributed by atoms with E-state index in [0.29, 0.717) is 6.54 Å². The topological polar surface area (TPSA) is 61.6 Å². The molecule has 0 saturated carbocycles. The summed E-state index contributed by atoms with van der Waals surface area (Å²) in [5.41, 5.74) is 1.24. The van der Waals surface area contributed by atoms with Crippen molar-refractivity contribution < 1.29 is 0 Å². The van der Waals surface area contributed by atoms with Gasteiger partial charge in [-0.3, -0.25) is 0 Å². The summed E-state index contributed by atoms with van der Waals surface area (Å²) in [6.07, 6.45) is 2.03. The normalized spacial score (nSPS) is 11.2. The van der Waals surface area contributed by atoms with Crippen molar-refractivity contribution in [3.63, 3.8) is 0 Å². The van der Waals surface area contributed by atoms with Crippen molar-refractivity contribution in [2.24, 2.45) is 12.0 Å². The lowest BCUT2D eigenvalue weighted by molar-refractivity contribution is 0.482. The number of anilines is 1. The third kappa shape index (κ3) is 7.77. The van der Waals surface area contributed by atoms with Crippen LogP contribution in [0.4, 0.5) is 5.69 Å². The van der Waals surface area contributed by atoms with E-state index >= 15 is 0 Å². The maximum absolute atomic E-state index is 4.84. The van der Waals surface area contributed by atoms with Gasteiger partial charge in [-0.05, 0) is 43.3 Å². The smallest absolute Gasteiger partial charge is 0.194 e. The van der Waals surface area contributed by atoms with E-state index in [1.54, 1.807) is 11.3 Å². The number of hydrogen-bond donors (Lipinski definition) is 1. The molecule has 0 unspecified atom stereocenters. The zero-order valence-electron chi connectivity index (χ0n) is 19.4. The second kappa shape index (κ2) is 13.4. The molecule has 3 aromatic rings. The molecular weight excluding hydrogens is 533 g/mol. The van der Waals surface area contributed by atoms with Crippen molar-refractivity contribution in [1.82, 2.24) is 25.0 Å². The van der Waals surface area contributed by atoms with Gasteiger partial charge in [0.25, 0.3) is 0 Å². The minimum absolute atomic E-state index is 0. The van der Waals surface area contributed by atoms with Crippen LogP contribution in [-0.2, 0) is 20.0 Å². The number of halogens is 1. The molecule has 32 heavy (non-hydrogen) atoms. The number of hydrogen-bond acceptors (Lipinski definition) is 5. The molecule has 0 amide bonds. The Morgan fingerprint density at radius 2 is 1.88 bits per heavy atom. The van der Waals surface area contributed by atoms with Gasteiger partial charge in [0.2, 0.25) is 0 Å². The highest BCUT2D eigenvalue weighted by Gasteiger charge is 2.10. The Hall–Kier alpha value is -2.14. The summed E-state index contributed by atoms with van der Waals surface area (Å²) in [5.74, 6) is 2.67. The molecule has 0 aliphatic rings. The van der Waals surface area contributed by atoms with E-state index in [2.05, 4.69) is 81.2 Å². The lowest BCUT2D eigenvalue weighted by Crippen LogP contribution is -2.41. The molecule has 0 fully saturated rings. The van der Waals surface area contributed by atoms with E-state index in [9.17, 15) is 0 Å². The predicted octanol–water partition coefficient (Wildman–Crippen LogP) is 3.95. The number of thiophene rings is 1. The molecule has 3 rings (SSSR count). The monoisotopic (exact) mass is 567 g/mol. The summed E-state index contributed by atoms with van der Waals surface area (Å²) in [6.45, 7) is 5.21. The molecule has 0 atom stereocenters. The summed E-state index contributed by atoms with van der Waals surface area (Å²) in [4.78, 5) is 10.7. The van der Waals surface area contributed by atoms with Crippen LogP contribution in [0.3, 0.4) is 0 Å². The molecular formula is C23H34IN7S. The highest BCUT2D eigenvalue weighted by molar-refractivity contribution is 14.0. The number of nitrogens with zero attached hydrogens (tertiary/aromatic N) is 6. The van der Waals surface area contributed by atoms with Crippen molar-refractivity contribution >= 4 is 47.0 Å². The first-order chi connectivity index (χ1) is 15.0. The zero-order valence-corrected chi connectivity index (χ0v) is 22.5. The number of rotatable bonds is 10. The van der Waals surface area contributed by atoms with E-state index in [0.717, 1.165) is 50.1 Å². The predicted molar refractivity (Wildman–Crippen MR) is 145 cm³/mol. The Balaban J connectivity index is 0.00000363. The van der Waals surface area contributed by atoms with Crippen LogP contribution in [0, 0.1) is 6.92 Å². The number of aryl methyl sites for hydroxylation is 1. The number of para-hydroxylation sites is 1. The molecule has 0 spiro atoms. The van der Waals surface area contributed by atoms with Crippen LogP contribution in [0.5, 0.6) is 0 Å². The summed E-state index contributed by atoms with van der Waals surface area (Å²) < 4.78 is 1.99. The van der Waals surface area contributed by atoms with Crippen molar-refractivity contribution in [2.45, 2.75) is 26.3 Å². The summed E-state index contributed by atoms with van der Waals surface area (Å²) in [6, 6.07) is 14.8. The summed E-state index contributed by atoms with van der Waals surface area (Å²) in [7, 11) is 6.21. The number of aliphatic imine (C=N–C) groups is 1. The molecule has 2 heterocycles. The Bertz CT molecular complexity index is 941. The lowest BCUT2D eigenvalue weighted by Gasteiger charge is -2.23. The number of benzene rings is 1. The van der Waals surface area contributed by atoms with Crippen molar-refractivity contribution in [1.29, 1.82) is 0 Å². The van der Waals surface area contributed by atoms with Crippen LogP contribution in [0.25, 0.3) is 0 Å². The van der Waals surface area contributed by atoms with Gasteiger partial charge in [0.1, 0.15) is 12.4 Å². The highest BCUT2D eigenvalue weighted by atomic mass is 127. The zero-order chi connectivity index (χ0) is 22.1. The fourth-order valence-corrected chi connectivity index (χ4v) is 3.91. The van der Waals surface area contributed by atoms with Gasteiger partial charge in [0, 0.05) is 51.3 Å². The van der Waals surface area contributed by atoms with Crippen LogP contribution in [-0.4, -0.2) is 59.4 Å². The van der Waals surface area contributed by atoms with E-state index in [-0.39, 0.29) is 24.0 Å². The largest absolute Gasteiger partial charge is 0.375 e. The fraction of sp³-hybridized carbons (Fsp3) is 0.435. The summed E-state index contributed by atoms with van der Waals surface area (Å²) >= 11 is 1.80. The first-order valence-electron chi connectivity index (χ1n) is 10.7. The second-order valence-electron chi connectivity index (χ2n) is 7.65. The van der Waals surface area contributed by atoms with Crippen molar-refractivity contribution in [2.75, 3.05) is 38.6 Å². The first-order valence-corrected chi connectivity index (χ1v) is 11.6. The minimum atomic E-state index is 0. The van der Waals surface area contributed by atoms with Gasteiger partial charge >= 0.3 is 0 Å². The van der Waals surface area contributed by atoms with Gasteiger partial charge in [0.05, 0.1) is 0 Å². The minimum Gasteiger partial charge on any atom is -0.375 e. The Morgan fingerprint density at radius 3 is 2.53 bits per heavy atom. The van der Waals surface area contributed by atoms with Gasteiger partial charge in [-0.15, -0.1) is 45.5 Å². The number of nitrogens with one attached hydrogen (secondary N) is 1. The van der Waals surface area contributed by atoms with E-state index in [1.165, 1.54) is 10.6 Å². The molecule has 0 aliphatic carbocycles. The molecule has 7 nitrogen and oxygen atoms in total. The average Bonchev–Trinajstić information content (AvgIpc) is 3.42. The summed E-state index contributed by atoms with van der Waals surface area (Å²) in [5, 5.41) is 14.1. The standard InChI is InChI=1S/C23H33N7S.HI/c1-19-26-27-22(30(19)4)18-25-23(29(3)16-13-21-12-8-17-31-21)24-14-9-15-28(2)20-10-6-5-7-11-20;/h5-8,10-12,17H,9,13-16,18H2,1-4H3,(H,24,25);1H. The number of likely N-dealkylation sites (N-methyl/N-ethyl adjacent to an activating group) is 1. The number of guanidine groups is 1. The molecule has 0 bridgehead atoms. The van der Waals surface area contributed by atoms with Crippen LogP contribution in [0.15, 0.2) is 52.8 Å². The first kappa shape index (κ1) is 26.1. The van der Waals surface area contributed by atoms with Gasteiger partial charge in [-0.2, -0.15) is 0 Å². The molecule has 174 valence electrons. The fourth-order valence-electron chi connectivity index (χ4n) is 3.21. The molecule has 1 N–H and O–H groups in total. The Kier molecular flexibility index (Phi) is 10.9. The van der Waals surface area contributed by atoms with Gasteiger partial charge in [0.15, 0.2) is 11.8 Å². The van der Waals surface area contributed by atoms with E-state index in [4.69, 9.17) is 4.99 Å². The van der Waals surface area contributed by atoms with Crippen molar-refractivity contribution in [3.8, 4) is 0 Å². The van der Waals surface area contributed by atoms with Gasteiger partial charge < -0.3 is 19.7 Å². The number of aromatic nitrogens is 3. The van der Waals surface area contributed by atoms with E-state index < -0.39 is 0 Å². The molecule has 9 heteroatoms. The van der Waals surface area contributed by atoms with Crippen molar-refractivity contribution in [3.05, 3.63) is 64.4 Å². The van der Waals surface area contributed by atoms with Crippen LogP contribution < -0.4 is 10.2 Å². The van der Waals surface area contributed by atoms with Crippen LogP contribution >= 0.6 is 35.3 Å². The Labute approximate surface area is 212 Å². The third-order valence-electron chi connectivity index (χ3n) is 5.34. The Morgan fingerprint density at radius 1 is 1.09 bits per heavy atom. The molecule has 0 radical (unpaired) electrons. The van der Waals surface area contributed by atoms with Crippen LogP contribution in [0.1, 0.15) is 22.9 Å². The SMILES string of the molecule is Cc1nnc(CN=C(NCCCN(C)c2ccccc2)N(C)CCc2cccs2)n1C.I. The second-order valence-corrected chi connectivity index (χ2v) is 8.68. The van der Waals surface area contributed by atoms with E-state index in [1.807, 2.05) is 24.6 Å². The lowest BCUT2D eigenvalue weighted by atomic mass is 10.3. The van der Waals surface area contributed by atoms with Crippen LogP contribution in [0.2, 0.25) is 0 Å². The average molecular weight is 568 g/mol. The molecule has 1 aromatic carbocycles. The third-order valence-corrected chi connectivity index (χ3v) is 6.27. The van der Waals surface area contributed by atoms with Gasteiger partial charge in [-0.25, -0.2) is 4.99 Å². The molecule has 2 aromatic heterocycles. The highest BCUT2D eigenvalue weighted by Crippen LogP contribution is 2.11. The van der Waals surface area contributed by atoms with Gasteiger partial charge in [-0.1, -0.05) is 24.3 Å². The maximum atomic E-state index is 4.84.